The van der Waals surface area contributed by atoms with Gasteiger partial charge >= 0.3 is 39.5 Å². The molecular formula is C93H152O17P2. The molecule has 0 radical (unpaired) electrons. The van der Waals surface area contributed by atoms with Crippen LogP contribution in [0.2, 0.25) is 0 Å². The van der Waals surface area contributed by atoms with Crippen LogP contribution in [0.4, 0.5) is 0 Å². The summed E-state index contributed by atoms with van der Waals surface area (Å²) < 4.78 is 68.8. The molecule has 5 unspecified atom stereocenters. The number of rotatable bonds is 79. The second-order valence-electron chi connectivity index (χ2n) is 28.0. The van der Waals surface area contributed by atoms with Gasteiger partial charge in [-0.25, -0.2) is 9.13 Å². The van der Waals surface area contributed by atoms with Gasteiger partial charge in [-0.1, -0.05) is 300 Å². The first kappa shape index (κ1) is 106. The van der Waals surface area contributed by atoms with Gasteiger partial charge in [-0.3, -0.25) is 37.3 Å². The predicted molar refractivity (Wildman–Crippen MR) is 463 cm³/mol. The summed E-state index contributed by atoms with van der Waals surface area (Å²) in [5.74, 6) is -2.27. The van der Waals surface area contributed by atoms with Crippen molar-refractivity contribution in [2.75, 3.05) is 39.6 Å². The van der Waals surface area contributed by atoms with E-state index in [0.717, 1.165) is 218 Å². The number of hydrogen-bond acceptors (Lipinski definition) is 15. The molecule has 0 saturated carbocycles. The van der Waals surface area contributed by atoms with Gasteiger partial charge in [-0.15, -0.1) is 0 Å². The molecule has 0 aliphatic heterocycles. The van der Waals surface area contributed by atoms with Crippen LogP contribution in [0.3, 0.4) is 0 Å². The number of hydrogen-bond donors (Lipinski definition) is 3. The van der Waals surface area contributed by atoms with E-state index >= 15 is 0 Å². The molecule has 17 nitrogen and oxygen atoms in total. The van der Waals surface area contributed by atoms with Crippen molar-refractivity contribution >= 4 is 39.5 Å². The number of ether oxygens (including phenoxy) is 4. The molecule has 0 rings (SSSR count). The Balaban J connectivity index is 5.46. The Morgan fingerprint density at radius 2 is 0.464 bits per heavy atom. The molecule has 0 aliphatic rings. The SMILES string of the molecule is CC/C=C\C/C=C\C/C=C\C/C=C\CCCCCCCCC(=O)OCC(COP(=O)(O)OCC(O)COP(=O)(O)OCC(COC(=O)CCCCCCCC/C=C\C/C=C\C/C=C\CCCCC)OC(=O)CCCC/C=C\C/C=C\C/C=C\C/C=C\CC)OC(=O)CCCCCCCC/C=C\C/C=C\C/C=C\C/C=C\CC. The number of carbonyl (C=O) groups is 4. The maximum absolute atomic E-state index is 13.2. The Morgan fingerprint density at radius 3 is 0.732 bits per heavy atom. The van der Waals surface area contributed by atoms with E-state index in [9.17, 15) is 43.2 Å². The number of aliphatic hydroxyl groups excluding tert-OH is 1. The molecular weight excluding hydrogens is 1450 g/mol. The molecule has 0 aromatic carbocycles. The second-order valence-corrected chi connectivity index (χ2v) is 30.9. The molecule has 0 spiro atoms. The molecule has 3 N–H and O–H groups in total. The van der Waals surface area contributed by atoms with E-state index in [4.69, 9.17) is 37.0 Å². The number of phosphoric acid groups is 2. The quantitative estimate of drug-likeness (QED) is 0.0169. The summed E-state index contributed by atoms with van der Waals surface area (Å²) in [6, 6.07) is 0. The van der Waals surface area contributed by atoms with Crippen molar-refractivity contribution in [1.82, 2.24) is 0 Å². The molecule has 5 atom stereocenters. The minimum atomic E-state index is -5.01. The fourth-order valence-electron chi connectivity index (χ4n) is 10.9. The van der Waals surface area contributed by atoms with Gasteiger partial charge in [0, 0.05) is 25.7 Å². The van der Waals surface area contributed by atoms with Gasteiger partial charge < -0.3 is 33.8 Å². The van der Waals surface area contributed by atoms with Crippen LogP contribution in [0.1, 0.15) is 323 Å². The Bertz CT molecular complexity index is 2840. The lowest BCUT2D eigenvalue weighted by Crippen LogP contribution is -2.30. The first-order valence-corrected chi connectivity index (χ1v) is 46.0. The molecule has 0 heterocycles. The molecule has 0 amide bonds. The Hall–Kier alpha value is -5.84. The number of phosphoric ester groups is 2. The number of esters is 4. The monoisotopic (exact) mass is 1600 g/mol. The molecule has 0 aromatic rings. The lowest BCUT2D eigenvalue weighted by molar-refractivity contribution is -0.161. The number of aliphatic hydroxyl groups is 1. The highest BCUT2D eigenvalue weighted by atomic mass is 31.2. The van der Waals surface area contributed by atoms with E-state index in [0.29, 0.717) is 32.1 Å². The minimum absolute atomic E-state index is 0.0333. The zero-order valence-electron chi connectivity index (χ0n) is 69.8. The van der Waals surface area contributed by atoms with E-state index in [2.05, 4.69) is 210 Å². The van der Waals surface area contributed by atoms with Crippen LogP contribution in [0.15, 0.2) is 182 Å². The standard InChI is InChI=1S/C93H152O17P2/c1-5-9-13-17-21-25-29-33-37-40-43-46-50-53-57-61-65-69-73-77-90(95)103-83-88(109-92(97)79-75-71-67-63-59-55-49-36-32-28-24-20-16-12-8-4)85-107-111(99,100)105-81-87(94)82-106-112(101,102)108-86-89(110-93(98)80-76-72-68-64-60-56-52-48-45-42-39-35-31-27-23-19-15-11-7-3)84-104-91(96)78-74-70-66-62-58-54-51-47-44-41-38-34-30-26-22-18-14-10-6-2/h10-12,14-16,21-28,33-39,43-49,59,63,87-89,94H,5-9,13,17-20,29-32,40-42,50-58,60-62,64-86H2,1-4H3,(H,99,100)(H,101,102)/b14-10-,15-11-,16-12-,25-21-,26-22-,27-23-,28-24-,37-33-,38-34-,39-35-,46-43-,47-44-,48-45-,49-36-,63-59-. The fraction of sp³-hybridized carbons (Fsp3) is 0.634. The summed E-state index contributed by atoms with van der Waals surface area (Å²) in [6.45, 7) is 4.43. The molecule has 0 bridgehead atoms. The molecule has 0 aliphatic carbocycles. The molecule has 636 valence electrons. The zero-order valence-corrected chi connectivity index (χ0v) is 71.6. The number of allylic oxidation sites excluding steroid dienone is 30. The van der Waals surface area contributed by atoms with E-state index in [1.165, 1.54) is 19.3 Å². The third kappa shape index (κ3) is 82.2. The van der Waals surface area contributed by atoms with Gasteiger partial charge in [0.1, 0.15) is 19.3 Å². The summed E-state index contributed by atoms with van der Waals surface area (Å²) in [7, 11) is -10.0. The summed E-state index contributed by atoms with van der Waals surface area (Å²) in [5, 5.41) is 10.7. The topological polar surface area (TPSA) is 237 Å². The molecule has 112 heavy (non-hydrogen) atoms. The number of unbranched alkanes of at least 4 members (excludes halogenated alkanes) is 23. The van der Waals surface area contributed by atoms with Crippen LogP contribution in [0.25, 0.3) is 0 Å². The number of carbonyl (C=O) groups excluding carboxylic acids is 4. The third-order valence-corrected chi connectivity index (χ3v) is 19.2. The van der Waals surface area contributed by atoms with Crippen LogP contribution in [-0.2, 0) is 65.4 Å². The first-order chi connectivity index (χ1) is 54.7. The second kappa shape index (κ2) is 83.1. The van der Waals surface area contributed by atoms with E-state index in [-0.39, 0.29) is 25.7 Å². The zero-order chi connectivity index (χ0) is 81.7. The lowest BCUT2D eigenvalue weighted by atomic mass is 10.1. The van der Waals surface area contributed by atoms with Crippen LogP contribution in [0.5, 0.6) is 0 Å². The van der Waals surface area contributed by atoms with E-state index in [1.807, 2.05) is 0 Å². The van der Waals surface area contributed by atoms with Crippen molar-refractivity contribution in [3.63, 3.8) is 0 Å². The predicted octanol–water partition coefficient (Wildman–Crippen LogP) is 25.9. The molecule has 0 aromatic heterocycles. The Labute approximate surface area is 679 Å². The Kier molecular flexibility index (Phi) is 78.8. The van der Waals surface area contributed by atoms with Crippen molar-refractivity contribution < 1.29 is 80.2 Å². The maximum atomic E-state index is 13.2. The van der Waals surface area contributed by atoms with Gasteiger partial charge in [-0.2, -0.15) is 0 Å². The average molecular weight is 1600 g/mol. The molecule has 0 fully saturated rings. The van der Waals surface area contributed by atoms with Crippen LogP contribution < -0.4 is 0 Å². The molecule has 0 saturated heterocycles. The fourth-order valence-corrected chi connectivity index (χ4v) is 12.5. The van der Waals surface area contributed by atoms with Crippen molar-refractivity contribution in [2.24, 2.45) is 0 Å². The van der Waals surface area contributed by atoms with Crippen LogP contribution in [-0.4, -0.2) is 96.7 Å². The van der Waals surface area contributed by atoms with Crippen molar-refractivity contribution in [1.29, 1.82) is 0 Å². The highest BCUT2D eigenvalue weighted by Gasteiger charge is 2.30. The summed E-state index contributed by atoms with van der Waals surface area (Å²) in [6.07, 6.45) is 101. The van der Waals surface area contributed by atoms with Crippen LogP contribution >= 0.6 is 15.6 Å². The third-order valence-electron chi connectivity index (χ3n) is 17.3. The highest BCUT2D eigenvalue weighted by molar-refractivity contribution is 7.47. The smallest absolute Gasteiger partial charge is 0.462 e. The highest BCUT2D eigenvalue weighted by Crippen LogP contribution is 2.45. The van der Waals surface area contributed by atoms with Gasteiger partial charge in [-0.05, 0) is 180 Å². The van der Waals surface area contributed by atoms with Crippen molar-refractivity contribution in [3.8, 4) is 0 Å². The van der Waals surface area contributed by atoms with Crippen LogP contribution in [0, 0.1) is 0 Å². The van der Waals surface area contributed by atoms with Gasteiger partial charge in [0.2, 0.25) is 0 Å². The molecule has 19 heteroatoms. The summed E-state index contributed by atoms with van der Waals surface area (Å²) >= 11 is 0. The van der Waals surface area contributed by atoms with E-state index < -0.39 is 97.5 Å². The first-order valence-electron chi connectivity index (χ1n) is 43.0. The average Bonchev–Trinajstić information content (AvgIpc) is 0.898. The maximum Gasteiger partial charge on any atom is 0.472 e. The summed E-state index contributed by atoms with van der Waals surface area (Å²) in [4.78, 5) is 73.3. The van der Waals surface area contributed by atoms with E-state index in [1.54, 1.807) is 0 Å². The Morgan fingerprint density at radius 1 is 0.259 bits per heavy atom. The van der Waals surface area contributed by atoms with Gasteiger partial charge in [0.05, 0.1) is 26.4 Å². The minimum Gasteiger partial charge on any atom is -0.462 e. The normalized spacial score (nSPS) is 14.7. The van der Waals surface area contributed by atoms with Gasteiger partial charge in [0.15, 0.2) is 12.2 Å². The largest absolute Gasteiger partial charge is 0.472 e. The van der Waals surface area contributed by atoms with Crippen molar-refractivity contribution in [2.45, 2.75) is 341 Å². The van der Waals surface area contributed by atoms with Crippen molar-refractivity contribution in [3.05, 3.63) is 182 Å². The lowest BCUT2D eigenvalue weighted by Gasteiger charge is -2.21. The summed E-state index contributed by atoms with van der Waals surface area (Å²) in [5.41, 5.74) is 0. The van der Waals surface area contributed by atoms with Gasteiger partial charge in [0.25, 0.3) is 0 Å².